The summed E-state index contributed by atoms with van der Waals surface area (Å²) in [5.74, 6) is 0.396. The van der Waals surface area contributed by atoms with Gasteiger partial charge in [-0.3, -0.25) is 0 Å². The molecule has 0 aromatic carbocycles. The summed E-state index contributed by atoms with van der Waals surface area (Å²) < 4.78 is 0. The number of nitrogens with zero attached hydrogens (tertiary/aromatic N) is 1. The van der Waals surface area contributed by atoms with Crippen molar-refractivity contribution in [3.63, 3.8) is 0 Å². The Morgan fingerprint density at radius 2 is 2.00 bits per heavy atom. The van der Waals surface area contributed by atoms with E-state index in [9.17, 15) is 0 Å². The van der Waals surface area contributed by atoms with E-state index in [0.29, 0.717) is 11.5 Å². The van der Waals surface area contributed by atoms with Crippen molar-refractivity contribution in [2.75, 3.05) is 11.5 Å². The normalized spacial score (nSPS) is 8.00. The maximum absolute atomic E-state index is 5.33. The molecule has 0 amide bonds. The van der Waals surface area contributed by atoms with Crippen molar-refractivity contribution in [3.05, 3.63) is 18.3 Å². The molecule has 1 aromatic heterocycles. The molecule has 3 nitrogen and oxygen atoms in total. The fraction of sp³-hybridized carbons (Fsp3) is 0. The monoisotopic (exact) mass is 237 g/mol. The van der Waals surface area contributed by atoms with Gasteiger partial charge in [0, 0.05) is 6.20 Å². The van der Waals surface area contributed by atoms with Gasteiger partial charge in [-0.15, -0.1) is 24.0 Å². The largest absolute Gasteiger partial charge is 0.396 e. The van der Waals surface area contributed by atoms with Crippen LogP contribution in [0.15, 0.2) is 18.3 Å². The van der Waals surface area contributed by atoms with Crippen LogP contribution in [0.3, 0.4) is 0 Å². The summed E-state index contributed by atoms with van der Waals surface area (Å²) in [6.45, 7) is 0. The van der Waals surface area contributed by atoms with Crippen LogP contribution in [0.2, 0.25) is 0 Å². The molecule has 0 aliphatic rings. The molecule has 1 rings (SSSR count). The van der Waals surface area contributed by atoms with Gasteiger partial charge >= 0.3 is 0 Å². The summed E-state index contributed by atoms with van der Waals surface area (Å²) in [4.78, 5) is 3.73. The van der Waals surface area contributed by atoms with Crippen molar-refractivity contribution in [3.8, 4) is 0 Å². The van der Waals surface area contributed by atoms with Crippen LogP contribution in [0.4, 0.5) is 11.5 Å². The van der Waals surface area contributed by atoms with E-state index >= 15 is 0 Å². The molecule has 0 spiro atoms. The van der Waals surface area contributed by atoms with Crippen LogP contribution in [0, 0.1) is 0 Å². The molecule has 0 fully saturated rings. The van der Waals surface area contributed by atoms with Gasteiger partial charge in [-0.2, -0.15) is 0 Å². The van der Waals surface area contributed by atoms with E-state index in [2.05, 4.69) is 4.98 Å². The SMILES string of the molecule is I.Nc1cccnc1N. The Kier molecular flexibility index (Phi) is 3.29. The van der Waals surface area contributed by atoms with E-state index in [1.807, 2.05) is 0 Å². The molecule has 0 bridgehead atoms. The lowest BCUT2D eigenvalue weighted by Crippen LogP contribution is -1.95. The number of halogens is 1. The van der Waals surface area contributed by atoms with Gasteiger partial charge in [-0.25, -0.2) is 4.98 Å². The second kappa shape index (κ2) is 3.49. The van der Waals surface area contributed by atoms with Gasteiger partial charge in [-0.1, -0.05) is 0 Å². The Bertz CT molecular complexity index is 168. The second-order valence-electron chi connectivity index (χ2n) is 1.48. The number of aromatic nitrogens is 1. The summed E-state index contributed by atoms with van der Waals surface area (Å²) in [6.07, 6.45) is 1.60. The molecule has 0 aliphatic carbocycles. The van der Waals surface area contributed by atoms with E-state index in [0.717, 1.165) is 0 Å². The van der Waals surface area contributed by atoms with E-state index in [1.165, 1.54) is 0 Å². The van der Waals surface area contributed by atoms with Crippen LogP contribution in [0.25, 0.3) is 0 Å². The van der Waals surface area contributed by atoms with Crippen LogP contribution in [0.5, 0.6) is 0 Å². The van der Waals surface area contributed by atoms with Crippen LogP contribution in [0.1, 0.15) is 0 Å². The van der Waals surface area contributed by atoms with Gasteiger partial charge in [0.25, 0.3) is 0 Å². The first-order valence-electron chi connectivity index (χ1n) is 2.26. The average Bonchev–Trinajstić information content (AvgIpc) is 1.77. The summed E-state index contributed by atoms with van der Waals surface area (Å²) in [7, 11) is 0. The Labute approximate surface area is 70.5 Å². The molecular weight excluding hydrogens is 229 g/mol. The highest BCUT2D eigenvalue weighted by atomic mass is 127. The molecule has 1 heterocycles. The number of nitrogens with two attached hydrogens (primary N) is 2. The molecule has 50 valence electrons. The van der Waals surface area contributed by atoms with Crippen LogP contribution in [-0.4, -0.2) is 4.98 Å². The lowest BCUT2D eigenvalue weighted by molar-refractivity contribution is 1.34. The fourth-order valence-corrected chi connectivity index (χ4v) is 0.430. The molecule has 0 saturated carbocycles. The first kappa shape index (κ1) is 8.48. The highest BCUT2D eigenvalue weighted by Gasteiger charge is 1.87. The van der Waals surface area contributed by atoms with Crippen molar-refractivity contribution in [2.45, 2.75) is 0 Å². The van der Waals surface area contributed by atoms with Gasteiger partial charge in [0.05, 0.1) is 5.69 Å². The van der Waals surface area contributed by atoms with E-state index in [4.69, 9.17) is 11.5 Å². The minimum Gasteiger partial charge on any atom is -0.396 e. The Hall–Kier alpha value is -0.520. The molecular formula is C5H8IN3. The minimum absolute atomic E-state index is 0. The minimum atomic E-state index is 0. The van der Waals surface area contributed by atoms with Gasteiger partial charge in [-0.05, 0) is 12.1 Å². The van der Waals surface area contributed by atoms with Crippen LogP contribution < -0.4 is 11.5 Å². The standard InChI is InChI=1S/C5H7N3.HI/c6-4-2-1-3-8-5(4)7;/h1-3H,6H2,(H2,7,8);1H. The molecule has 4 heteroatoms. The van der Waals surface area contributed by atoms with E-state index in [-0.39, 0.29) is 24.0 Å². The van der Waals surface area contributed by atoms with E-state index in [1.54, 1.807) is 18.3 Å². The Balaban J connectivity index is 0.000000640. The molecule has 0 aliphatic heterocycles. The molecule has 0 atom stereocenters. The number of hydrogen-bond acceptors (Lipinski definition) is 3. The molecule has 4 N–H and O–H groups in total. The zero-order valence-corrected chi connectivity index (χ0v) is 7.07. The van der Waals surface area contributed by atoms with Crippen molar-refractivity contribution in [1.29, 1.82) is 0 Å². The number of anilines is 2. The first-order chi connectivity index (χ1) is 3.80. The fourth-order valence-electron chi connectivity index (χ4n) is 0.430. The maximum atomic E-state index is 5.33. The molecule has 0 radical (unpaired) electrons. The number of rotatable bonds is 0. The van der Waals surface area contributed by atoms with Crippen molar-refractivity contribution < 1.29 is 0 Å². The summed E-state index contributed by atoms with van der Waals surface area (Å²) in [5.41, 5.74) is 11.2. The zero-order valence-electron chi connectivity index (χ0n) is 4.74. The summed E-state index contributed by atoms with van der Waals surface area (Å²) in [6, 6.07) is 3.45. The molecule has 1 aromatic rings. The number of nitrogen functional groups attached to an aromatic ring is 2. The number of hydrogen-bond donors (Lipinski definition) is 2. The predicted octanol–water partition coefficient (Wildman–Crippen LogP) is 0.864. The highest BCUT2D eigenvalue weighted by Crippen LogP contribution is 2.06. The summed E-state index contributed by atoms with van der Waals surface area (Å²) >= 11 is 0. The Morgan fingerprint density at radius 1 is 1.33 bits per heavy atom. The van der Waals surface area contributed by atoms with E-state index < -0.39 is 0 Å². The molecule has 9 heavy (non-hydrogen) atoms. The smallest absolute Gasteiger partial charge is 0.146 e. The second-order valence-corrected chi connectivity index (χ2v) is 1.48. The lowest BCUT2D eigenvalue weighted by atomic mass is 10.4. The van der Waals surface area contributed by atoms with Gasteiger partial charge in [0.2, 0.25) is 0 Å². The maximum Gasteiger partial charge on any atom is 0.146 e. The summed E-state index contributed by atoms with van der Waals surface area (Å²) in [5, 5.41) is 0. The Morgan fingerprint density at radius 3 is 2.33 bits per heavy atom. The van der Waals surface area contributed by atoms with Crippen LogP contribution in [-0.2, 0) is 0 Å². The van der Waals surface area contributed by atoms with Gasteiger partial charge < -0.3 is 11.5 Å². The number of pyridine rings is 1. The third-order valence-electron chi connectivity index (χ3n) is 0.871. The van der Waals surface area contributed by atoms with Gasteiger partial charge in [0.15, 0.2) is 0 Å². The predicted molar refractivity (Wildman–Crippen MR) is 48.5 cm³/mol. The van der Waals surface area contributed by atoms with Crippen LogP contribution >= 0.6 is 24.0 Å². The zero-order chi connectivity index (χ0) is 5.98. The molecule has 0 saturated heterocycles. The van der Waals surface area contributed by atoms with Gasteiger partial charge in [0.1, 0.15) is 5.82 Å². The van der Waals surface area contributed by atoms with Crippen molar-refractivity contribution in [2.24, 2.45) is 0 Å². The molecule has 0 unspecified atom stereocenters. The lowest BCUT2D eigenvalue weighted by Gasteiger charge is -1.92. The topological polar surface area (TPSA) is 64.9 Å². The quantitative estimate of drug-likeness (QED) is 0.658. The highest BCUT2D eigenvalue weighted by molar-refractivity contribution is 14.0. The van der Waals surface area contributed by atoms with Crippen molar-refractivity contribution in [1.82, 2.24) is 4.98 Å². The first-order valence-corrected chi connectivity index (χ1v) is 2.26. The third-order valence-corrected chi connectivity index (χ3v) is 0.871. The third kappa shape index (κ3) is 2.05. The van der Waals surface area contributed by atoms with Crippen molar-refractivity contribution >= 4 is 35.5 Å². The average molecular weight is 237 g/mol.